The Balaban J connectivity index is 0.000000315. The number of rotatable bonds is 8. The van der Waals surface area contributed by atoms with Crippen molar-refractivity contribution < 1.29 is 19.0 Å². The highest BCUT2D eigenvalue weighted by Gasteiger charge is 2.37. The summed E-state index contributed by atoms with van der Waals surface area (Å²) >= 11 is 0. The number of benzene rings is 2. The van der Waals surface area contributed by atoms with Crippen LogP contribution in [0.5, 0.6) is 5.75 Å². The van der Waals surface area contributed by atoms with Gasteiger partial charge in [-0.3, -0.25) is 4.79 Å². The van der Waals surface area contributed by atoms with E-state index < -0.39 is 5.82 Å². The molecule has 2 saturated heterocycles. The highest BCUT2D eigenvalue weighted by molar-refractivity contribution is 6.00. The van der Waals surface area contributed by atoms with Crippen molar-refractivity contribution in [3.05, 3.63) is 88.3 Å². The predicted molar refractivity (Wildman–Crippen MR) is 181 cm³/mol. The van der Waals surface area contributed by atoms with Gasteiger partial charge in [0.15, 0.2) is 5.78 Å². The van der Waals surface area contributed by atoms with Gasteiger partial charge in [-0.1, -0.05) is 63.3 Å². The fourth-order valence-corrected chi connectivity index (χ4v) is 6.08. The molecule has 240 valence electrons. The average molecular weight is 606 g/mol. The van der Waals surface area contributed by atoms with Crippen LogP contribution in [0.2, 0.25) is 0 Å². The van der Waals surface area contributed by atoms with Crippen LogP contribution in [0.1, 0.15) is 85.0 Å². The van der Waals surface area contributed by atoms with Gasteiger partial charge < -0.3 is 25.8 Å². The monoisotopic (exact) mass is 605 g/mol. The number of hydrogen-bond donors (Lipinski definition) is 3. The maximum absolute atomic E-state index is 14.1. The summed E-state index contributed by atoms with van der Waals surface area (Å²) in [5, 5.41) is 13.9. The molecule has 44 heavy (non-hydrogen) atoms. The summed E-state index contributed by atoms with van der Waals surface area (Å²) in [6.45, 7) is 19.3. The molecule has 4 N–H and O–H groups in total. The number of aromatic hydroxyl groups is 1. The molecule has 2 aromatic rings. The Hall–Kier alpha value is -3.42. The van der Waals surface area contributed by atoms with Gasteiger partial charge in [-0.2, -0.15) is 0 Å². The lowest BCUT2D eigenvalue weighted by molar-refractivity contribution is -0.0116. The Kier molecular flexibility index (Phi) is 13.2. The molecular formula is C37H52FN3O3. The van der Waals surface area contributed by atoms with Crippen LogP contribution in [0.4, 0.5) is 15.8 Å². The summed E-state index contributed by atoms with van der Waals surface area (Å²) in [5.41, 5.74) is 12.0. The van der Waals surface area contributed by atoms with E-state index in [0.717, 1.165) is 50.6 Å². The quantitative estimate of drug-likeness (QED) is 0.160. The zero-order valence-corrected chi connectivity index (χ0v) is 27.5. The number of Topliss-reactive ketones (excluding diaryl/α,β-unsaturated/α-hetero) is 1. The van der Waals surface area contributed by atoms with Crippen LogP contribution in [0.3, 0.4) is 0 Å². The summed E-state index contributed by atoms with van der Waals surface area (Å²) in [4.78, 5) is 15.2. The smallest absolute Gasteiger partial charge is 0.166 e. The van der Waals surface area contributed by atoms with Crippen molar-refractivity contribution in [3.8, 4) is 5.75 Å². The molecule has 2 atom stereocenters. The normalized spacial score (nSPS) is 19.5. The molecule has 0 bridgehead atoms. The maximum atomic E-state index is 14.1. The fourth-order valence-electron chi connectivity index (χ4n) is 6.08. The highest BCUT2D eigenvalue weighted by atomic mass is 19.1. The number of ether oxygens (including phenoxy) is 1. The zero-order chi connectivity index (χ0) is 32.4. The van der Waals surface area contributed by atoms with E-state index >= 15 is 0 Å². The van der Waals surface area contributed by atoms with Gasteiger partial charge in [-0.25, -0.2) is 4.39 Å². The summed E-state index contributed by atoms with van der Waals surface area (Å²) in [6, 6.07) is 6.52. The predicted octanol–water partition coefficient (Wildman–Crippen LogP) is 8.02. The van der Waals surface area contributed by atoms with Crippen LogP contribution in [0.25, 0.3) is 0 Å². The van der Waals surface area contributed by atoms with Crippen molar-refractivity contribution >= 4 is 17.2 Å². The molecule has 0 radical (unpaired) electrons. The van der Waals surface area contributed by atoms with E-state index in [0.29, 0.717) is 41.8 Å². The number of fused-ring (bicyclic) bond motifs is 3. The SMILES string of the molecule is C=C/C=C(\C=C/C)C1COC1.CCC.Cc1c(C)c(C(=O)CCCN2CCC3Nc4c(N)cccc4C3C2)c(O)c(C)c1F. The number of hydrogen-bond acceptors (Lipinski definition) is 6. The second kappa shape index (κ2) is 16.6. The maximum Gasteiger partial charge on any atom is 0.166 e. The number of nitrogens with one attached hydrogen (secondary N) is 1. The number of phenols is 1. The topological polar surface area (TPSA) is 87.8 Å². The molecule has 0 aromatic heterocycles. The number of ketones is 1. The second-order valence-corrected chi connectivity index (χ2v) is 12.0. The van der Waals surface area contributed by atoms with Crippen LogP contribution >= 0.6 is 0 Å². The molecule has 0 saturated carbocycles. The number of para-hydroxylation sites is 1. The fraction of sp³-hybridized carbons (Fsp3) is 0.486. The Morgan fingerprint density at radius 3 is 2.52 bits per heavy atom. The number of nitrogens with two attached hydrogens (primary N) is 1. The third-order valence-corrected chi connectivity index (χ3v) is 8.68. The first-order valence-corrected chi connectivity index (χ1v) is 16.0. The summed E-state index contributed by atoms with van der Waals surface area (Å²) < 4.78 is 19.2. The molecule has 0 amide bonds. The molecule has 6 nitrogen and oxygen atoms in total. The van der Waals surface area contributed by atoms with E-state index in [2.05, 4.69) is 42.8 Å². The van der Waals surface area contributed by atoms with Crippen LogP contribution in [-0.4, -0.2) is 54.7 Å². The van der Waals surface area contributed by atoms with E-state index in [9.17, 15) is 14.3 Å². The number of phenolic OH excluding ortho intramolecular Hbond substituents is 1. The van der Waals surface area contributed by atoms with Gasteiger partial charge in [-0.15, -0.1) is 0 Å². The number of carbonyl (C=O) groups is 1. The standard InChI is InChI=1S/C24H30FN3O2.C10H14O.C3H8/c1-13-14(2)22(25)15(3)24(30)21(13)20(29)8-5-10-28-11-9-19-17(12-28)16-6-4-7-18(26)23(16)27-19;1-3-5-9(6-4-2)10-7-11-8-10;1-3-2/h4,6-7,17,19,27,30H,5,8-12,26H2,1-3H3;3-6,10H,1,7-8H2,2H3;3H2,1-2H3/b;6-4-,9-5+;. The van der Waals surface area contributed by atoms with Crippen molar-refractivity contribution in [2.75, 3.05) is 43.9 Å². The van der Waals surface area contributed by atoms with Crippen LogP contribution in [0.15, 0.2) is 54.7 Å². The number of piperidine rings is 1. The lowest BCUT2D eigenvalue weighted by Gasteiger charge is -2.35. The van der Waals surface area contributed by atoms with Gasteiger partial charge in [0, 0.05) is 43.0 Å². The first-order valence-electron chi connectivity index (χ1n) is 16.0. The van der Waals surface area contributed by atoms with Gasteiger partial charge in [0.1, 0.15) is 11.6 Å². The molecule has 5 rings (SSSR count). The van der Waals surface area contributed by atoms with Gasteiger partial charge in [0.05, 0.1) is 30.2 Å². The van der Waals surface area contributed by atoms with E-state index in [1.165, 1.54) is 24.5 Å². The van der Waals surface area contributed by atoms with Crippen LogP contribution in [0, 0.1) is 32.5 Å². The lowest BCUT2D eigenvalue weighted by Crippen LogP contribution is -2.42. The van der Waals surface area contributed by atoms with Gasteiger partial charge in [0.2, 0.25) is 0 Å². The van der Waals surface area contributed by atoms with Crippen molar-refractivity contribution in [2.45, 2.75) is 79.2 Å². The molecule has 3 aliphatic rings. The number of halogens is 1. The largest absolute Gasteiger partial charge is 0.507 e. The minimum absolute atomic E-state index is 0.119. The number of carbonyl (C=O) groups excluding carboxylic acids is 1. The number of anilines is 2. The number of nitrogen functional groups attached to an aromatic ring is 1. The summed E-state index contributed by atoms with van der Waals surface area (Å²) in [5.74, 6) is 0.251. The van der Waals surface area contributed by atoms with Crippen molar-refractivity contribution in [1.29, 1.82) is 0 Å². The molecule has 3 heterocycles. The van der Waals surface area contributed by atoms with Gasteiger partial charge in [-0.05, 0) is 75.4 Å². The summed E-state index contributed by atoms with van der Waals surface area (Å²) in [6.07, 6.45) is 11.4. The van der Waals surface area contributed by atoms with E-state index in [4.69, 9.17) is 10.5 Å². The zero-order valence-electron chi connectivity index (χ0n) is 27.5. The van der Waals surface area contributed by atoms with Crippen molar-refractivity contribution in [3.63, 3.8) is 0 Å². The molecule has 0 spiro atoms. The lowest BCUT2D eigenvalue weighted by atomic mass is 9.89. The Bertz CT molecular complexity index is 1330. The number of nitrogens with zero attached hydrogens (tertiary/aromatic N) is 1. The van der Waals surface area contributed by atoms with Crippen LogP contribution < -0.4 is 11.1 Å². The number of allylic oxidation sites excluding steroid dienone is 4. The minimum atomic E-state index is -0.435. The Morgan fingerprint density at radius 2 is 1.91 bits per heavy atom. The van der Waals surface area contributed by atoms with Crippen molar-refractivity contribution in [2.24, 2.45) is 5.92 Å². The van der Waals surface area contributed by atoms with Gasteiger partial charge >= 0.3 is 0 Å². The number of likely N-dealkylation sites (tertiary alicyclic amines) is 1. The molecule has 2 fully saturated rings. The van der Waals surface area contributed by atoms with Crippen LogP contribution in [-0.2, 0) is 4.74 Å². The molecule has 2 aromatic carbocycles. The molecule has 7 heteroatoms. The van der Waals surface area contributed by atoms with E-state index in [-0.39, 0.29) is 22.7 Å². The first-order chi connectivity index (χ1) is 21.1. The summed E-state index contributed by atoms with van der Waals surface area (Å²) in [7, 11) is 0. The molecule has 2 unspecified atom stereocenters. The third kappa shape index (κ3) is 8.19. The Labute approximate surface area is 263 Å². The third-order valence-electron chi connectivity index (χ3n) is 8.68. The molecule has 3 aliphatic heterocycles. The molecule has 0 aliphatic carbocycles. The Morgan fingerprint density at radius 1 is 1.20 bits per heavy atom. The molecular weight excluding hydrogens is 553 g/mol. The second-order valence-electron chi connectivity index (χ2n) is 12.0. The van der Waals surface area contributed by atoms with Gasteiger partial charge in [0.25, 0.3) is 0 Å². The van der Waals surface area contributed by atoms with E-state index in [1.807, 2.05) is 37.3 Å². The highest BCUT2D eigenvalue weighted by Crippen LogP contribution is 2.43. The van der Waals surface area contributed by atoms with E-state index in [1.54, 1.807) is 13.8 Å². The van der Waals surface area contributed by atoms with Crippen molar-refractivity contribution in [1.82, 2.24) is 4.90 Å². The minimum Gasteiger partial charge on any atom is -0.507 e. The first kappa shape index (κ1) is 35.1. The average Bonchev–Trinajstić information content (AvgIpc) is 3.35.